The number of carbonyl (C=O) groups excluding carboxylic acids is 2. The normalized spacial score (nSPS) is 24.3. The van der Waals surface area contributed by atoms with Crippen molar-refractivity contribution in [2.75, 3.05) is 46.4 Å². The SMILES string of the molecule is CCOC(=O)C1CCCN(C(=O)CN2CCC(OC)CC2)C1. The number of likely N-dealkylation sites (tertiary alicyclic amines) is 2. The predicted octanol–water partition coefficient (Wildman–Crippen LogP) is 0.899. The minimum absolute atomic E-state index is 0.130. The van der Waals surface area contributed by atoms with Gasteiger partial charge in [0.15, 0.2) is 0 Å². The van der Waals surface area contributed by atoms with Crippen LogP contribution >= 0.6 is 0 Å². The van der Waals surface area contributed by atoms with Crippen molar-refractivity contribution in [2.45, 2.75) is 38.7 Å². The van der Waals surface area contributed by atoms with Gasteiger partial charge in [-0.15, -0.1) is 0 Å². The van der Waals surface area contributed by atoms with E-state index in [1.807, 2.05) is 11.8 Å². The summed E-state index contributed by atoms with van der Waals surface area (Å²) in [4.78, 5) is 28.3. The molecule has 0 aromatic carbocycles. The highest BCUT2D eigenvalue weighted by molar-refractivity contribution is 5.80. The van der Waals surface area contributed by atoms with Crippen LogP contribution in [0.4, 0.5) is 0 Å². The van der Waals surface area contributed by atoms with Crippen LogP contribution in [0.3, 0.4) is 0 Å². The predicted molar refractivity (Wildman–Crippen MR) is 82.4 cm³/mol. The van der Waals surface area contributed by atoms with Crippen LogP contribution in [0, 0.1) is 5.92 Å². The Balaban J connectivity index is 1.78. The molecule has 2 heterocycles. The summed E-state index contributed by atoms with van der Waals surface area (Å²) in [6.07, 6.45) is 3.99. The zero-order valence-electron chi connectivity index (χ0n) is 13.8. The van der Waals surface area contributed by atoms with Crippen LogP contribution in [0.1, 0.15) is 32.6 Å². The second kappa shape index (κ2) is 8.48. The zero-order chi connectivity index (χ0) is 15.9. The molecule has 0 aromatic rings. The molecule has 0 aromatic heterocycles. The van der Waals surface area contributed by atoms with Crippen LogP contribution < -0.4 is 0 Å². The van der Waals surface area contributed by atoms with Crippen molar-refractivity contribution in [1.82, 2.24) is 9.80 Å². The Hall–Kier alpha value is -1.14. The van der Waals surface area contributed by atoms with Crippen LogP contribution in [0.5, 0.6) is 0 Å². The number of hydrogen-bond acceptors (Lipinski definition) is 5. The molecule has 2 rings (SSSR count). The van der Waals surface area contributed by atoms with Gasteiger partial charge in [-0.3, -0.25) is 14.5 Å². The van der Waals surface area contributed by atoms with Crippen molar-refractivity contribution in [1.29, 1.82) is 0 Å². The number of rotatable bonds is 5. The van der Waals surface area contributed by atoms with Crippen molar-refractivity contribution in [3.63, 3.8) is 0 Å². The number of amides is 1. The van der Waals surface area contributed by atoms with E-state index in [2.05, 4.69) is 4.90 Å². The van der Waals surface area contributed by atoms with Crippen LogP contribution in [0.15, 0.2) is 0 Å². The Morgan fingerprint density at radius 1 is 1.14 bits per heavy atom. The fourth-order valence-electron chi connectivity index (χ4n) is 3.25. The van der Waals surface area contributed by atoms with Gasteiger partial charge in [-0.1, -0.05) is 0 Å². The first kappa shape index (κ1) is 17.2. The van der Waals surface area contributed by atoms with E-state index in [0.29, 0.717) is 25.8 Å². The molecule has 6 heteroatoms. The molecule has 126 valence electrons. The van der Waals surface area contributed by atoms with E-state index >= 15 is 0 Å². The minimum Gasteiger partial charge on any atom is -0.466 e. The Bertz CT molecular complexity index is 380. The van der Waals surface area contributed by atoms with Gasteiger partial charge < -0.3 is 14.4 Å². The first-order valence-electron chi connectivity index (χ1n) is 8.33. The highest BCUT2D eigenvalue weighted by Gasteiger charge is 2.30. The molecule has 2 fully saturated rings. The average molecular weight is 312 g/mol. The Kier molecular flexibility index (Phi) is 6.64. The van der Waals surface area contributed by atoms with Crippen molar-refractivity contribution in [3.05, 3.63) is 0 Å². The lowest BCUT2D eigenvalue weighted by Gasteiger charge is -2.35. The molecule has 1 amide bonds. The maximum absolute atomic E-state index is 12.4. The molecular formula is C16H28N2O4. The van der Waals surface area contributed by atoms with Crippen molar-refractivity contribution < 1.29 is 19.1 Å². The molecule has 1 unspecified atom stereocenters. The maximum atomic E-state index is 12.4. The summed E-state index contributed by atoms with van der Waals surface area (Å²) in [5.41, 5.74) is 0. The number of ether oxygens (including phenoxy) is 2. The lowest BCUT2D eigenvalue weighted by molar-refractivity contribution is -0.151. The van der Waals surface area contributed by atoms with Gasteiger partial charge in [-0.05, 0) is 32.6 Å². The number of nitrogens with zero attached hydrogens (tertiary/aromatic N) is 2. The second-order valence-electron chi connectivity index (χ2n) is 6.14. The smallest absolute Gasteiger partial charge is 0.310 e. The summed E-state index contributed by atoms with van der Waals surface area (Å²) in [7, 11) is 1.74. The van der Waals surface area contributed by atoms with Crippen LogP contribution in [0.2, 0.25) is 0 Å². The third kappa shape index (κ3) is 4.68. The molecule has 22 heavy (non-hydrogen) atoms. The number of hydrogen-bond donors (Lipinski definition) is 0. The molecule has 1 atom stereocenters. The number of methoxy groups -OCH3 is 1. The summed E-state index contributed by atoms with van der Waals surface area (Å²) in [6.45, 7) is 5.73. The van der Waals surface area contributed by atoms with Crippen molar-refractivity contribution in [3.8, 4) is 0 Å². The molecule has 0 aliphatic carbocycles. The molecule has 0 N–H and O–H groups in total. The first-order chi connectivity index (χ1) is 10.6. The fourth-order valence-corrected chi connectivity index (χ4v) is 3.25. The number of carbonyl (C=O) groups is 2. The van der Waals surface area contributed by atoms with Crippen molar-refractivity contribution >= 4 is 11.9 Å². The summed E-state index contributed by atoms with van der Waals surface area (Å²) in [5.74, 6) is -0.192. The molecule has 6 nitrogen and oxygen atoms in total. The highest BCUT2D eigenvalue weighted by atomic mass is 16.5. The van der Waals surface area contributed by atoms with E-state index in [-0.39, 0.29) is 17.8 Å². The topological polar surface area (TPSA) is 59.1 Å². The van der Waals surface area contributed by atoms with Crippen LogP contribution in [-0.4, -0.2) is 74.2 Å². The van der Waals surface area contributed by atoms with Gasteiger partial charge in [0.1, 0.15) is 0 Å². The van der Waals surface area contributed by atoms with Gasteiger partial charge in [0.2, 0.25) is 5.91 Å². The van der Waals surface area contributed by atoms with Gasteiger partial charge >= 0.3 is 5.97 Å². The number of esters is 1. The molecule has 0 spiro atoms. The molecule has 2 aliphatic heterocycles. The second-order valence-corrected chi connectivity index (χ2v) is 6.14. The molecule has 2 saturated heterocycles. The monoisotopic (exact) mass is 312 g/mol. The van der Waals surface area contributed by atoms with E-state index in [0.717, 1.165) is 45.3 Å². The first-order valence-corrected chi connectivity index (χ1v) is 8.33. The Morgan fingerprint density at radius 2 is 1.86 bits per heavy atom. The third-order valence-electron chi connectivity index (χ3n) is 4.62. The van der Waals surface area contributed by atoms with Gasteiger partial charge in [-0.2, -0.15) is 0 Å². The van der Waals surface area contributed by atoms with Crippen LogP contribution in [0.25, 0.3) is 0 Å². The summed E-state index contributed by atoms with van der Waals surface area (Å²) < 4.78 is 10.4. The standard InChI is InChI=1S/C16H28N2O4/c1-3-22-16(20)13-5-4-8-18(11-13)15(19)12-17-9-6-14(21-2)7-10-17/h13-14H,3-12H2,1-2H3. The number of piperidine rings is 2. The summed E-state index contributed by atoms with van der Waals surface area (Å²) in [5, 5.41) is 0. The molecule has 0 saturated carbocycles. The highest BCUT2D eigenvalue weighted by Crippen LogP contribution is 2.19. The molecule has 0 radical (unpaired) electrons. The zero-order valence-corrected chi connectivity index (χ0v) is 13.8. The van der Waals surface area contributed by atoms with E-state index in [1.54, 1.807) is 7.11 Å². The van der Waals surface area contributed by atoms with E-state index in [1.165, 1.54) is 0 Å². The van der Waals surface area contributed by atoms with Gasteiger partial charge in [0.05, 0.1) is 25.2 Å². The third-order valence-corrected chi connectivity index (χ3v) is 4.62. The van der Waals surface area contributed by atoms with Gasteiger partial charge in [0.25, 0.3) is 0 Å². The lowest BCUT2D eigenvalue weighted by atomic mass is 9.98. The Labute approximate surface area is 132 Å². The average Bonchev–Trinajstić information content (AvgIpc) is 2.56. The van der Waals surface area contributed by atoms with E-state index in [4.69, 9.17) is 9.47 Å². The van der Waals surface area contributed by atoms with E-state index < -0.39 is 0 Å². The van der Waals surface area contributed by atoms with Gasteiger partial charge in [0, 0.05) is 33.3 Å². The van der Waals surface area contributed by atoms with E-state index in [9.17, 15) is 9.59 Å². The van der Waals surface area contributed by atoms with Crippen molar-refractivity contribution in [2.24, 2.45) is 5.92 Å². The minimum atomic E-state index is -0.166. The molecule has 0 bridgehead atoms. The van der Waals surface area contributed by atoms with Gasteiger partial charge in [-0.25, -0.2) is 0 Å². The summed E-state index contributed by atoms with van der Waals surface area (Å²) >= 11 is 0. The fraction of sp³-hybridized carbons (Fsp3) is 0.875. The summed E-state index contributed by atoms with van der Waals surface area (Å²) in [6, 6.07) is 0. The largest absolute Gasteiger partial charge is 0.466 e. The Morgan fingerprint density at radius 3 is 2.50 bits per heavy atom. The maximum Gasteiger partial charge on any atom is 0.310 e. The van der Waals surface area contributed by atoms with Crippen LogP contribution in [-0.2, 0) is 19.1 Å². The molecular weight excluding hydrogens is 284 g/mol. The lowest BCUT2D eigenvalue weighted by Crippen LogP contribution is -2.48. The molecule has 2 aliphatic rings. The quantitative estimate of drug-likeness (QED) is 0.706.